The summed E-state index contributed by atoms with van der Waals surface area (Å²) in [7, 11) is -2.23. The van der Waals surface area contributed by atoms with Crippen LogP contribution in [-0.4, -0.2) is 68.3 Å². The Morgan fingerprint density at radius 1 is 1.00 bits per heavy atom. The van der Waals surface area contributed by atoms with E-state index < -0.39 is 10.0 Å². The van der Waals surface area contributed by atoms with E-state index in [0.29, 0.717) is 18.8 Å². The van der Waals surface area contributed by atoms with Crippen molar-refractivity contribution in [1.29, 1.82) is 0 Å². The predicted octanol–water partition coefficient (Wildman–Crippen LogP) is 3.13. The number of hydrogen-bond acceptors (Lipinski definition) is 6. The van der Waals surface area contributed by atoms with E-state index in [-0.39, 0.29) is 23.9 Å². The van der Waals surface area contributed by atoms with Gasteiger partial charge in [-0.3, -0.25) is 9.69 Å². The predicted molar refractivity (Wildman–Crippen MR) is 132 cm³/mol. The third kappa shape index (κ3) is 6.30. The Morgan fingerprint density at radius 2 is 1.69 bits per heavy atom. The number of piperazine rings is 1. The maximum atomic E-state index is 13.4. The number of amides is 1. The second-order valence-corrected chi connectivity index (χ2v) is 10.6. The molecule has 1 aliphatic rings. The lowest BCUT2D eigenvalue weighted by atomic mass is 10.2. The number of aryl methyl sites for hydroxylation is 1. The third-order valence-corrected chi connectivity index (χ3v) is 7.98. The zero-order valence-electron chi connectivity index (χ0n) is 20.1. The molecule has 1 aromatic heterocycles. The molecule has 35 heavy (non-hydrogen) atoms. The second kappa shape index (κ2) is 11.1. The lowest BCUT2D eigenvalue weighted by Crippen LogP contribution is -2.51. The molecule has 186 valence electrons. The minimum atomic E-state index is -3.88. The highest BCUT2D eigenvalue weighted by molar-refractivity contribution is 7.89. The summed E-state index contributed by atoms with van der Waals surface area (Å²) in [5.41, 5.74) is 2.14. The Bertz CT molecular complexity index is 1200. The summed E-state index contributed by atoms with van der Waals surface area (Å²) >= 11 is 0. The van der Waals surface area contributed by atoms with Gasteiger partial charge in [0.05, 0.1) is 31.4 Å². The monoisotopic (exact) mass is 497 g/mol. The Morgan fingerprint density at radius 3 is 2.29 bits per heavy atom. The van der Waals surface area contributed by atoms with Crippen molar-refractivity contribution in [3.8, 4) is 5.75 Å². The first-order valence-corrected chi connectivity index (χ1v) is 13.0. The van der Waals surface area contributed by atoms with Crippen LogP contribution in [0.15, 0.2) is 76.2 Å². The van der Waals surface area contributed by atoms with E-state index in [4.69, 9.17) is 9.15 Å². The number of carbonyl (C=O) groups is 1. The van der Waals surface area contributed by atoms with E-state index in [2.05, 4.69) is 4.90 Å². The van der Waals surface area contributed by atoms with Gasteiger partial charge in [-0.2, -0.15) is 4.31 Å². The molecule has 1 aliphatic heterocycles. The van der Waals surface area contributed by atoms with Crippen molar-refractivity contribution < 1.29 is 22.4 Å². The maximum absolute atomic E-state index is 13.4. The highest BCUT2D eigenvalue weighted by Crippen LogP contribution is 2.20. The summed E-state index contributed by atoms with van der Waals surface area (Å²) in [4.78, 5) is 17.3. The van der Waals surface area contributed by atoms with E-state index in [1.807, 2.05) is 31.2 Å². The van der Waals surface area contributed by atoms with Crippen molar-refractivity contribution in [2.24, 2.45) is 0 Å². The Kier molecular flexibility index (Phi) is 7.90. The highest BCUT2D eigenvalue weighted by atomic mass is 32.2. The molecule has 1 amide bonds. The molecule has 4 rings (SSSR count). The fourth-order valence-electron chi connectivity index (χ4n) is 4.06. The molecular weight excluding hydrogens is 466 g/mol. The number of furan rings is 1. The molecule has 0 aliphatic carbocycles. The first-order chi connectivity index (χ1) is 16.8. The first-order valence-electron chi connectivity index (χ1n) is 11.6. The van der Waals surface area contributed by atoms with Crippen LogP contribution >= 0.6 is 0 Å². The quantitative estimate of drug-likeness (QED) is 0.452. The summed E-state index contributed by atoms with van der Waals surface area (Å²) < 4.78 is 38.6. The fourth-order valence-corrected chi connectivity index (χ4v) is 5.41. The third-order valence-electron chi connectivity index (χ3n) is 6.17. The van der Waals surface area contributed by atoms with Gasteiger partial charge in [0, 0.05) is 32.7 Å². The molecule has 1 fully saturated rings. The van der Waals surface area contributed by atoms with Gasteiger partial charge in [-0.15, -0.1) is 0 Å². The summed E-state index contributed by atoms with van der Waals surface area (Å²) in [6, 6.07) is 18.0. The Labute approximate surface area is 206 Å². The number of hydrogen-bond donors (Lipinski definition) is 0. The maximum Gasteiger partial charge on any atom is 0.243 e. The van der Waals surface area contributed by atoms with E-state index in [9.17, 15) is 13.2 Å². The molecule has 0 unspecified atom stereocenters. The standard InChI is InChI=1S/C26H31N3O5S/c1-21-5-11-25(12-6-21)35(31,32)29(19-24-4-3-17-34-24)20-26(30)28-15-13-27(14-16-28)18-22-7-9-23(33-2)10-8-22/h3-12,17H,13-16,18-20H2,1-2H3. The normalized spacial score (nSPS) is 14.9. The lowest BCUT2D eigenvalue weighted by molar-refractivity contribution is -0.133. The second-order valence-electron chi connectivity index (χ2n) is 8.67. The van der Waals surface area contributed by atoms with Crippen molar-refractivity contribution in [2.45, 2.75) is 24.9 Å². The molecule has 0 saturated carbocycles. The number of rotatable bonds is 9. The number of carbonyl (C=O) groups excluding carboxylic acids is 1. The van der Waals surface area contributed by atoms with Crippen molar-refractivity contribution in [1.82, 2.24) is 14.1 Å². The van der Waals surface area contributed by atoms with Crippen molar-refractivity contribution in [2.75, 3.05) is 39.8 Å². The van der Waals surface area contributed by atoms with Gasteiger partial charge in [0.15, 0.2) is 0 Å². The molecule has 0 spiro atoms. The van der Waals surface area contributed by atoms with Gasteiger partial charge >= 0.3 is 0 Å². The van der Waals surface area contributed by atoms with E-state index in [1.165, 1.54) is 16.1 Å². The summed E-state index contributed by atoms with van der Waals surface area (Å²) in [6.07, 6.45) is 1.50. The summed E-state index contributed by atoms with van der Waals surface area (Å²) in [5, 5.41) is 0. The Hall–Kier alpha value is -3.14. The first kappa shape index (κ1) is 25.0. The average Bonchev–Trinajstić information content (AvgIpc) is 3.38. The van der Waals surface area contributed by atoms with E-state index in [1.54, 1.807) is 48.4 Å². The molecule has 0 N–H and O–H groups in total. The average molecular weight is 498 g/mol. The van der Waals surface area contributed by atoms with Gasteiger partial charge in [-0.05, 0) is 48.9 Å². The zero-order valence-corrected chi connectivity index (χ0v) is 20.9. The zero-order chi connectivity index (χ0) is 24.8. The van der Waals surface area contributed by atoms with E-state index >= 15 is 0 Å². The van der Waals surface area contributed by atoms with Crippen molar-refractivity contribution in [3.05, 3.63) is 83.8 Å². The van der Waals surface area contributed by atoms with Crippen LogP contribution in [0.3, 0.4) is 0 Å². The molecule has 8 nitrogen and oxygen atoms in total. The minimum Gasteiger partial charge on any atom is -0.497 e. The molecule has 2 heterocycles. The number of sulfonamides is 1. The van der Waals surface area contributed by atoms with Gasteiger partial charge in [-0.1, -0.05) is 29.8 Å². The molecule has 9 heteroatoms. The number of methoxy groups -OCH3 is 1. The number of nitrogens with zero attached hydrogens (tertiary/aromatic N) is 3. The highest BCUT2D eigenvalue weighted by Gasteiger charge is 2.30. The molecule has 0 bridgehead atoms. The van der Waals surface area contributed by atoms with Gasteiger partial charge in [0.25, 0.3) is 0 Å². The number of benzene rings is 2. The van der Waals surface area contributed by atoms with Crippen LogP contribution in [0.4, 0.5) is 0 Å². The van der Waals surface area contributed by atoms with Crippen molar-refractivity contribution >= 4 is 15.9 Å². The van der Waals surface area contributed by atoms with Gasteiger partial charge < -0.3 is 14.1 Å². The lowest BCUT2D eigenvalue weighted by Gasteiger charge is -2.35. The summed E-state index contributed by atoms with van der Waals surface area (Å²) in [6.45, 7) is 4.98. The smallest absolute Gasteiger partial charge is 0.243 e. The molecule has 2 aromatic carbocycles. The SMILES string of the molecule is COc1ccc(CN2CCN(C(=O)CN(Cc3ccco3)S(=O)(=O)c3ccc(C)cc3)CC2)cc1. The van der Waals surface area contributed by atoms with Crippen LogP contribution < -0.4 is 4.74 Å². The topological polar surface area (TPSA) is 83.3 Å². The van der Waals surface area contributed by atoms with Crippen LogP contribution in [0.5, 0.6) is 5.75 Å². The van der Waals surface area contributed by atoms with Crippen LogP contribution in [0.2, 0.25) is 0 Å². The van der Waals surface area contributed by atoms with Crippen LogP contribution in [0.25, 0.3) is 0 Å². The van der Waals surface area contributed by atoms with Crippen LogP contribution in [0, 0.1) is 6.92 Å². The molecule has 0 radical (unpaired) electrons. The molecule has 1 saturated heterocycles. The van der Waals surface area contributed by atoms with Gasteiger partial charge in [-0.25, -0.2) is 8.42 Å². The summed E-state index contributed by atoms with van der Waals surface area (Å²) in [5.74, 6) is 1.10. The van der Waals surface area contributed by atoms with Crippen LogP contribution in [0.1, 0.15) is 16.9 Å². The molecule has 3 aromatic rings. The fraction of sp³-hybridized carbons (Fsp3) is 0.346. The molecular formula is C26H31N3O5S. The Balaban J connectivity index is 1.40. The minimum absolute atomic E-state index is 0.00756. The largest absolute Gasteiger partial charge is 0.497 e. The number of ether oxygens (including phenoxy) is 1. The van der Waals surface area contributed by atoms with E-state index in [0.717, 1.165) is 30.9 Å². The molecule has 0 atom stereocenters. The van der Waals surface area contributed by atoms with Gasteiger partial charge in [0.2, 0.25) is 15.9 Å². The van der Waals surface area contributed by atoms with Crippen LogP contribution in [-0.2, 0) is 27.9 Å². The van der Waals surface area contributed by atoms with Crippen molar-refractivity contribution in [3.63, 3.8) is 0 Å². The van der Waals surface area contributed by atoms with Gasteiger partial charge in [0.1, 0.15) is 11.5 Å².